The first kappa shape index (κ1) is 21.4. The number of hydrogen-bond acceptors (Lipinski definition) is 7. The largest absolute Gasteiger partial charge is 0.494 e. The second-order valence-corrected chi connectivity index (χ2v) is 6.91. The van der Waals surface area contributed by atoms with Gasteiger partial charge in [-0.2, -0.15) is 5.10 Å². The van der Waals surface area contributed by atoms with Crippen molar-refractivity contribution in [2.24, 2.45) is 10.1 Å². The Bertz CT molecular complexity index is 1140. The zero-order valence-electron chi connectivity index (χ0n) is 18.5. The Morgan fingerprint density at radius 3 is 2.38 bits per heavy atom. The fourth-order valence-corrected chi connectivity index (χ4v) is 3.42. The van der Waals surface area contributed by atoms with E-state index in [4.69, 9.17) is 24.3 Å². The molecule has 1 N–H and O–H groups in total. The number of benzene rings is 2. The molecule has 0 aliphatic carbocycles. The van der Waals surface area contributed by atoms with Crippen LogP contribution in [0.2, 0.25) is 0 Å². The molecule has 2 heterocycles. The molecule has 0 saturated carbocycles. The number of pyridine rings is 1. The van der Waals surface area contributed by atoms with Gasteiger partial charge in [-0.1, -0.05) is 0 Å². The number of nitrogens with zero attached hydrogens (tertiary/aromatic N) is 3. The molecule has 0 radical (unpaired) electrons. The molecule has 7 heteroatoms. The highest BCUT2D eigenvalue weighted by Gasteiger charge is 2.20. The van der Waals surface area contributed by atoms with Crippen molar-refractivity contribution in [3.05, 3.63) is 77.6 Å². The molecule has 0 fully saturated rings. The first-order valence-corrected chi connectivity index (χ1v) is 10.7. The van der Waals surface area contributed by atoms with Crippen molar-refractivity contribution in [1.29, 1.82) is 0 Å². The quantitative estimate of drug-likeness (QED) is 0.560. The summed E-state index contributed by atoms with van der Waals surface area (Å²) in [5.74, 6) is 2.76. The summed E-state index contributed by atoms with van der Waals surface area (Å²) in [6.45, 7) is 7.53. The van der Waals surface area contributed by atoms with Crippen LogP contribution in [0.1, 0.15) is 37.5 Å². The molecule has 0 bridgehead atoms. The van der Waals surface area contributed by atoms with Crippen molar-refractivity contribution in [1.82, 2.24) is 10.4 Å². The van der Waals surface area contributed by atoms with Crippen LogP contribution in [0.4, 0.5) is 5.69 Å². The van der Waals surface area contributed by atoms with Crippen molar-refractivity contribution < 1.29 is 14.2 Å². The summed E-state index contributed by atoms with van der Waals surface area (Å²) in [5.41, 5.74) is 7.21. The predicted molar refractivity (Wildman–Crippen MR) is 126 cm³/mol. The van der Waals surface area contributed by atoms with Crippen molar-refractivity contribution in [2.75, 3.05) is 19.8 Å². The Hall–Kier alpha value is -3.87. The minimum atomic E-state index is 0.535. The van der Waals surface area contributed by atoms with E-state index < -0.39 is 0 Å². The lowest BCUT2D eigenvalue weighted by Crippen LogP contribution is -2.19. The minimum absolute atomic E-state index is 0.535. The van der Waals surface area contributed by atoms with E-state index in [9.17, 15) is 0 Å². The monoisotopic (exact) mass is 430 g/mol. The number of aliphatic imine (C=N–C) groups is 1. The van der Waals surface area contributed by atoms with Gasteiger partial charge in [0.15, 0.2) is 17.3 Å². The SMILES string of the molecule is CCOc1ccc2c(c1)C(c1ccc(OCC)c(OCC)c1)=NNC(c1cccnc1)=N2. The predicted octanol–water partition coefficient (Wildman–Crippen LogP) is 4.71. The molecule has 1 aliphatic heterocycles. The van der Waals surface area contributed by atoms with Crippen LogP contribution < -0.4 is 19.6 Å². The number of fused-ring (bicyclic) bond motifs is 1. The molecule has 164 valence electrons. The van der Waals surface area contributed by atoms with Gasteiger partial charge in [-0.05, 0) is 69.3 Å². The van der Waals surface area contributed by atoms with Gasteiger partial charge in [-0.3, -0.25) is 10.4 Å². The molecule has 1 aliphatic rings. The van der Waals surface area contributed by atoms with Gasteiger partial charge in [0.2, 0.25) is 0 Å². The highest BCUT2D eigenvalue weighted by atomic mass is 16.5. The summed E-state index contributed by atoms with van der Waals surface area (Å²) in [4.78, 5) is 9.03. The van der Waals surface area contributed by atoms with E-state index >= 15 is 0 Å². The summed E-state index contributed by atoms with van der Waals surface area (Å²) in [5, 5.41) is 4.73. The third-order valence-electron chi connectivity index (χ3n) is 4.79. The number of ether oxygens (including phenoxy) is 3. The zero-order chi connectivity index (χ0) is 22.3. The third kappa shape index (κ3) is 4.56. The summed E-state index contributed by atoms with van der Waals surface area (Å²) in [6, 6.07) is 15.5. The van der Waals surface area contributed by atoms with E-state index in [0.29, 0.717) is 37.2 Å². The van der Waals surface area contributed by atoms with Crippen molar-refractivity contribution in [3.63, 3.8) is 0 Å². The summed E-state index contributed by atoms with van der Waals surface area (Å²) >= 11 is 0. The molecule has 0 unspecified atom stereocenters. The van der Waals surface area contributed by atoms with Gasteiger partial charge in [-0.15, -0.1) is 0 Å². The van der Waals surface area contributed by atoms with Crippen LogP contribution in [0, 0.1) is 0 Å². The van der Waals surface area contributed by atoms with E-state index in [1.54, 1.807) is 12.4 Å². The van der Waals surface area contributed by atoms with Crippen molar-refractivity contribution in [2.45, 2.75) is 20.8 Å². The third-order valence-corrected chi connectivity index (χ3v) is 4.79. The maximum Gasteiger partial charge on any atom is 0.161 e. The molecule has 32 heavy (non-hydrogen) atoms. The second-order valence-electron chi connectivity index (χ2n) is 6.91. The molecular weight excluding hydrogens is 404 g/mol. The number of aromatic nitrogens is 1. The molecule has 7 nitrogen and oxygen atoms in total. The van der Waals surface area contributed by atoms with Gasteiger partial charge >= 0.3 is 0 Å². The fourth-order valence-electron chi connectivity index (χ4n) is 3.42. The van der Waals surface area contributed by atoms with E-state index in [2.05, 4.69) is 10.4 Å². The normalized spacial score (nSPS) is 12.6. The highest BCUT2D eigenvalue weighted by Crippen LogP contribution is 2.33. The van der Waals surface area contributed by atoms with Crippen molar-refractivity contribution >= 4 is 17.2 Å². The van der Waals surface area contributed by atoms with Crippen LogP contribution in [0.15, 0.2) is 71.0 Å². The lowest BCUT2D eigenvalue weighted by atomic mass is 10.00. The topological polar surface area (TPSA) is 77.3 Å². The number of hydrazone groups is 1. The van der Waals surface area contributed by atoms with Gasteiger partial charge in [0.05, 0.1) is 25.5 Å². The molecule has 1 aromatic heterocycles. The van der Waals surface area contributed by atoms with Gasteiger partial charge in [-0.25, -0.2) is 4.99 Å². The average Bonchev–Trinajstić information content (AvgIpc) is 3.01. The first-order valence-electron chi connectivity index (χ1n) is 10.7. The van der Waals surface area contributed by atoms with Crippen LogP contribution in [0.3, 0.4) is 0 Å². The Balaban J connectivity index is 1.83. The standard InChI is InChI=1S/C25H26N4O3/c1-4-30-19-10-11-21-20(15-19)24(28-29-25(27-21)18-8-7-13-26-16-18)17-9-12-22(31-5-2)23(14-17)32-6-3/h7-16H,4-6H2,1-3H3,(H,27,29). The van der Waals surface area contributed by atoms with E-state index in [0.717, 1.165) is 33.8 Å². The van der Waals surface area contributed by atoms with E-state index in [1.165, 1.54) is 0 Å². The Kier molecular flexibility index (Phi) is 6.65. The summed E-state index contributed by atoms with van der Waals surface area (Å²) in [6.07, 6.45) is 3.48. The lowest BCUT2D eigenvalue weighted by Gasteiger charge is -2.14. The van der Waals surface area contributed by atoms with Crippen LogP contribution in [-0.2, 0) is 0 Å². The van der Waals surface area contributed by atoms with Crippen LogP contribution in [0.25, 0.3) is 0 Å². The molecule has 0 spiro atoms. The molecule has 3 aromatic rings. The maximum atomic E-state index is 5.83. The Morgan fingerprint density at radius 1 is 0.812 bits per heavy atom. The Labute approximate surface area is 187 Å². The number of nitrogens with one attached hydrogen (secondary N) is 1. The van der Waals surface area contributed by atoms with Gasteiger partial charge in [0.1, 0.15) is 11.5 Å². The molecule has 0 saturated heterocycles. The highest BCUT2D eigenvalue weighted by molar-refractivity contribution is 6.18. The van der Waals surface area contributed by atoms with E-state index in [1.807, 2.05) is 69.3 Å². The van der Waals surface area contributed by atoms with E-state index in [-0.39, 0.29) is 0 Å². The van der Waals surface area contributed by atoms with Crippen LogP contribution in [0.5, 0.6) is 17.2 Å². The second kappa shape index (κ2) is 9.96. The van der Waals surface area contributed by atoms with Gasteiger partial charge < -0.3 is 14.2 Å². The molecular formula is C25H26N4O3. The minimum Gasteiger partial charge on any atom is -0.494 e. The smallest absolute Gasteiger partial charge is 0.161 e. The Morgan fingerprint density at radius 2 is 1.62 bits per heavy atom. The zero-order valence-corrected chi connectivity index (χ0v) is 18.5. The number of rotatable bonds is 8. The number of hydrogen-bond donors (Lipinski definition) is 1. The molecule has 0 amide bonds. The lowest BCUT2D eigenvalue weighted by molar-refractivity contribution is 0.287. The van der Waals surface area contributed by atoms with Gasteiger partial charge in [0, 0.05) is 29.1 Å². The molecule has 4 rings (SSSR count). The maximum absolute atomic E-state index is 5.83. The molecule has 2 aromatic carbocycles. The van der Waals surface area contributed by atoms with Crippen LogP contribution >= 0.6 is 0 Å². The average molecular weight is 431 g/mol. The number of amidine groups is 1. The molecule has 0 atom stereocenters. The van der Waals surface area contributed by atoms with Crippen molar-refractivity contribution in [3.8, 4) is 17.2 Å². The fraction of sp³-hybridized carbons (Fsp3) is 0.240. The van der Waals surface area contributed by atoms with Gasteiger partial charge in [0.25, 0.3) is 0 Å². The van der Waals surface area contributed by atoms with Crippen LogP contribution in [-0.4, -0.2) is 36.4 Å². The first-order chi connectivity index (χ1) is 15.7. The summed E-state index contributed by atoms with van der Waals surface area (Å²) < 4.78 is 17.3. The summed E-state index contributed by atoms with van der Waals surface area (Å²) in [7, 11) is 0.